The second kappa shape index (κ2) is 10.2. The average molecular weight is 251 g/mol. The summed E-state index contributed by atoms with van der Waals surface area (Å²) >= 11 is 0. The van der Waals surface area contributed by atoms with Crippen molar-refractivity contribution < 1.29 is 4.52 Å². The van der Waals surface area contributed by atoms with Crippen molar-refractivity contribution in [1.29, 1.82) is 0 Å². The van der Waals surface area contributed by atoms with Crippen molar-refractivity contribution in [2.75, 3.05) is 0 Å². The minimum absolute atomic E-state index is 0.928. The lowest BCUT2D eigenvalue weighted by Crippen LogP contribution is -1.86. The van der Waals surface area contributed by atoms with Crippen LogP contribution in [0.2, 0.25) is 0 Å². The zero-order valence-electron chi connectivity index (χ0n) is 12.2. The lowest BCUT2D eigenvalue weighted by Gasteiger charge is -2.01. The van der Waals surface area contributed by atoms with Crippen LogP contribution in [0.4, 0.5) is 0 Å². The number of nitrogens with zero attached hydrogens (tertiary/aromatic N) is 1. The van der Waals surface area contributed by atoms with Crippen LogP contribution in [0.15, 0.2) is 10.6 Å². The number of aryl methyl sites for hydroxylation is 2. The van der Waals surface area contributed by atoms with Gasteiger partial charge in [0.15, 0.2) is 0 Å². The maximum atomic E-state index is 5.06. The molecule has 2 heteroatoms. The Balaban J connectivity index is 1.81. The van der Waals surface area contributed by atoms with E-state index in [1.165, 1.54) is 64.2 Å². The molecule has 0 radical (unpaired) electrons. The number of unbranched alkanes of at least 4 members (excludes halogenated alkanes) is 9. The Morgan fingerprint density at radius 3 is 1.94 bits per heavy atom. The molecule has 0 spiro atoms. The van der Waals surface area contributed by atoms with E-state index in [4.69, 9.17) is 4.52 Å². The maximum Gasteiger partial charge on any atom is 0.133 e. The molecule has 2 nitrogen and oxygen atoms in total. The first kappa shape index (κ1) is 15.3. The van der Waals surface area contributed by atoms with Crippen LogP contribution >= 0.6 is 0 Å². The van der Waals surface area contributed by atoms with Crippen LogP contribution in [-0.2, 0) is 6.42 Å². The van der Waals surface area contributed by atoms with Gasteiger partial charge < -0.3 is 4.52 Å². The van der Waals surface area contributed by atoms with E-state index in [-0.39, 0.29) is 0 Å². The van der Waals surface area contributed by atoms with E-state index in [9.17, 15) is 0 Å². The summed E-state index contributed by atoms with van der Waals surface area (Å²) in [5.41, 5.74) is 1.12. The number of hydrogen-bond acceptors (Lipinski definition) is 2. The highest BCUT2D eigenvalue weighted by Crippen LogP contribution is 2.12. The van der Waals surface area contributed by atoms with Gasteiger partial charge in [-0.25, -0.2) is 0 Å². The molecule has 0 fully saturated rings. The van der Waals surface area contributed by atoms with E-state index in [1.54, 1.807) is 0 Å². The molecule has 0 aromatic carbocycles. The number of hydrogen-bond donors (Lipinski definition) is 0. The zero-order valence-corrected chi connectivity index (χ0v) is 12.2. The highest BCUT2D eigenvalue weighted by atomic mass is 16.5. The third-order valence-electron chi connectivity index (χ3n) is 3.46. The van der Waals surface area contributed by atoms with Crippen LogP contribution in [0.25, 0.3) is 0 Å². The van der Waals surface area contributed by atoms with Gasteiger partial charge in [0.2, 0.25) is 0 Å². The SMILES string of the molecule is CCCCCCCCCCCCc1cc(C)on1. The lowest BCUT2D eigenvalue weighted by atomic mass is 10.1. The predicted molar refractivity (Wildman–Crippen MR) is 76.8 cm³/mol. The molecule has 18 heavy (non-hydrogen) atoms. The van der Waals surface area contributed by atoms with Gasteiger partial charge in [-0.2, -0.15) is 0 Å². The van der Waals surface area contributed by atoms with E-state index in [2.05, 4.69) is 12.1 Å². The topological polar surface area (TPSA) is 26.0 Å². The summed E-state index contributed by atoms with van der Waals surface area (Å²) in [5, 5.41) is 4.02. The standard InChI is InChI=1S/C16H29NO/c1-3-4-5-6-7-8-9-10-11-12-13-16-14-15(2)18-17-16/h14H,3-13H2,1-2H3. The number of aromatic nitrogens is 1. The highest BCUT2D eigenvalue weighted by molar-refractivity contribution is 5.03. The quantitative estimate of drug-likeness (QED) is 0.489. The molecule has 0 saturated heterocycles. The van der Waals surface area contributed by atoms with Crippen LogP contribution in [0, 0.1) is 6.92 Å². The summed E-state index contributed by atoms with van der Waals surface area (Å²) in [6.07, 6.45) is 14.9. The van der Waals surface area contributed by atoms with Gasteiger partial charge in [-0.15, -0.1) is 0 Å². The van der Waals surface area contributed by atoms with Crippen LogP contribution < -0.4 is 0 Å². The molecule has 0 aliphatic carbocycles. The minimum atomic E-state index is 0.928. The summed E-state index contributed by atoms with van der Waals surface area (Å²) in [4.78, 5) is 0. The van der Waals surface area contributed by atoms with E-state index in [0.717, 1.165) is 17.9 Å². The molecule has 0 aliphatic heterocycles. The van der Waals surface area contributed by atoms with Crippen molar-refractivity contribution in [3.63, 3.8) is 0 Å². The van der Waals surface area contributed by atoms with Crippen LogP contribution in [-0.4, -0.2) is 5.16 Å². The first-order valence-electron chi connectivity index (χ1n) is 7.75. The molecule has 0 amide bonds. The van der Waals surface area contributed by atoms with Crippen molar-refractivity contribution >= 4 is 0 Å². The molecule has 104 valence electrons. The fourth-order valence-corrected chi connectivity index (χ4v) is 2.33. The summed E-state index contributed by atoms with van der Waals surface area (Å²) in [5.74, 6) is 0.928. The number of rotatable bonds is 11. The zero-order chi connectivity index (χ0) is 13.1. The van der Waals surface area contributed by atoms with Gasteiger partial charge in [-0.05, 0) is 19.8 Å². The first-order chi connectivity index (χ1) is 8.83. The molecular weight excluding hydrogens is 222 g/mol. The van der Waals surface area contributed by atoms with Gasteiger partial charge in [0, 0.05) is 6.07 Å². The highest BCUT2D eigenvalue weighted by Gasteiger charge is 1.99. The molecule has 1 aromatic heterocycles. The normalized spacial score (nSPS) is 11.0. The van der Waals surface area contributed by atoms with Gasteiger partial charge >= 0.3 is 0 Å². The molecule has 0 saturated carbocycles. The van der Waals surface area contributed by atoms with E-state index in [1.807, 2.05) is 13.0 Å². The largest absolute Gasteiger partial charge is 0.361 e. The summed E-state index contributed by atoms with van der Waals surface area (Å²) in [6.45, 7) is 4.23. The van der Waals surface area contributed by atoms with Crippen molar-refractivity contribution in [2.24, 2.45) is 0 Å². The van der Waals surface area contributed by atoms with E-state index < -0.39 is 0 Å². The summed E-state index contributed by atoms with van der Waals surface area (Å²) in [6, 6.07) is 2.05. The predicted octanol–water partition coefficient (Wildman–Crippen LogP) is 5.45. The summed E-state index contributed by atoms with van der Waals surface area (Å²) < 4.78 is 5.06. The first-order valence-corrected chi connectivity index (χ1v) is 7.75. The Labute approximate surface area is 112 Å². The molecule has 0 bridgehead atoms. The Kier molecular flexibility index (Phi) is 8.62. The van der Waals surface area contributed by atoms with Gasteiger partial charge in [-0.1, -0.05) is 69.9 Å². The van der Waals surface area contributed by atoms with Crippen molar-refractivity contribution in [2.45, 2.75) is 84.5 Å². The second-order valence-corrected chi connectivity index (χ2v) is 5.36. The third kappa shape index (κ3) is 7.52. The molecule has 0 N–H and O–H groups in total. The summed E-state index contributed by atoms with van der Waals surface area (Å²) in [7, 11) is 0. The average Bonchev–Trinajstić information content (AvgIpc) is 2.77. The van der Waals surface area contributed by atoms with Crippen LogP contribution in [0.3, 0.4) is 0 Å². The molecule has 0 aliphatic rings. The second-order valence-electron chi connectivity index (χ2n) is 5.36. The van der Waals surface area contributed by atoms with Gasteiger partial charge in [-0.3, -0.25) is 0 Å². The third-order valence-corrected chi connectivity index (χ3v) is 3.46. The fourth-order valence-electron chi connectivity index (χ4n) is 2.33. The van der Waals surface area contributed by atoms with E-state index in [0.29, 0.717) is 0 Å². The molecule has 0 atom stereocenters. The molecule has 1 rings (SSSR count). The smallest absolute Gasteiger partial charge is 0.133 e. The van der Waals surface area contributed by atoms with Crippen molar-refractivity contribution in [3.05, 3.63) is 17.5 Å². The van der Waals surface area contributed by atoms with Crippen LogP contribution in [0.5, 0.6) is 0 Å². The van der Waals surface area contributed by atoms with Gasteiger partial charge in [0.25, 0.3) is 0 Å². The van der Waals surface area contributed by atoms with Crippen molar-refractivity contribution in [1.82, 2.24) is 5.16 Å². The van der Waals surface area contributed by atoms with Crippen molar-refractivity contribution in [3.8, 4) is 0 Å². The Morgan fingerprint density at radius 2 is 1.44 bits per heavy atom. The Morgan fingerprint density at radius 1 is 0.889 bits per heavy atom. The monoisotopic (exact) mass is 251 g/mol. The van der Waals surface area contributed by atoms with Crippen LogP contribution in [0.1, 0.15) is 82.6 Å². The van der Waals surface area contributed by atoms with Gasteiger partial charge in [0.05, 0.1) is 5.69 Å². The molecule has 0 unspecified atom stereocenters. The molecular formula is C16H29NO. The lowest BCUT2D eigenvalue weighted by molar-refractivity contribution is 0.389. The van der Waals surface area contributed by atoms with Gasteiger partial charge in [0.1, 0.15) is 5.76 Å². The Bertz CT molecular complexity index is 293. The minimum Gasteiger partial charge on any atom is -0.361 e. The maximum absolute atomic E-state index is 5.06. The molecule has 1 aromatic rings. The van der Waals surface area contributed by atoms with E-state index >= 15 is 0 Å². The Hall–Kier alpha value is -0.790. The molecule has 1 heterocycles. The fraction of sp³-hybridized carbons (Fsp3) is 0.812.